The van der Waals surface area contributed by atoms with E-state index >= 15 is 0 Å². The van der Waals surface area contributed by atoms with Crippen LogP contribution in [0.4, 0.5) is 0 Å². The summed E-state index contributed by atoms with van der Waals surface area (Å²) in [6.45, 7) is 4.38. The van der Waals surface area contributed by atoms with Gasteiger partial charge in [0.15, 0.2) is 5.96 Å². The van der Waals surface area contributed by atoms with E-state index in [1.165, 1.54) is 5.56 Å². The average molecular weight is 361 g/mol. The van der Waals surface area contributed by atoms with E-state index in [1.807, 2.05) is 36.5 Å². The monoisotopic (exact) mass is 360 g/mol. The molecule has 4 nitrogen and oxygen atoms in total. The lowest BCUT2D eigenvalue weighted by Crippen LogP contribution is -2.38. The van der Waals surface area contributed by atoms with Gasteiger partial charge in [0.05, 0.1) is 6.54 Å². The van der Waals surface area contributed by atoms with Crippen LogP contribution in [0.5, 0.6) is 0 Å². The van der Waals surface area contributed by atoms with Crippen LogP contribution in [-0.4, -0.2) is 24.0 Å². The van der Waals surface area contributed by atoms with Crippen LogP contribution in [0, 0.1) is 0 Å². The highest BCUT2D eigenvalue weighted by Gasteiger charge is 1.99. The van der Waals surface area contributed by atoms with Crippen LogP contribution in [0.2, 0.25) is 0 Å². The van der Waals surface area contributed by atoms with Crippen molar-refractivity contribution in [1.82, 2.24) is 15.6 Å². The van der Waals surface area contributed by atoms with Crippen molar-refractivity contribution in [3.8, 4) is 0 Å². The number of hydrogen-bond donors (Lipinski definition) is 2. The Kier molecular flexibility index (Phi) is 6.90. The maximum Gasteiger partial charge on any atom is 0.191 e. The van der Waals surface area contributed by atoms with Gasteiger partial charge in [-0.1, -0.05) is 34.1 Å². The van der Waals surface area contributed by atoms with Crippen LogP contribution < -0.4 is 10.6 Å². The van der Waals surface area contributed by atoms with E-state index in [0.717, 1.165) is 35.6 Å². The van der Waals surface area contributed by atoms with Crippen molar-refractivity contribution in [3.05, 3.63) is 64.4 Å². The number of benzene rings is 1. The first kappa shape index (κ1) is 16.5. The summed E-state index contributed by atoms with van der Waals surface area (Å²) >= 11 is 3.44. The number of pyridine rings is 1. The van der Waals surface area contributed by atoms with Crippen molar-refractivity contribution in [2.45, 2.75) is 19.9 Å². The molecule has 1 aromatic heterocycles. The van der Waals surface area contributed by atoms with Gasteiger partial charge in [0.25, 0.3) is 0 Å². The van der Waals surface area contributed by atoms with Gasteiger partial charge in [-0.3, -0.25) is 4.98 Å². The zero-order chi connectivity index (χ0) is 15.6. The highest BCUT2D eigenvalue weighted by atomic mass is 79.9. The van der Waals surface area contributed by atoms with E-state index in [9.17, 15) is 0 Å². The molecule has 0 spiro atoms. The lowest BCUT2D eigenvalue weighted by Gasteiger charge is -2.11. The summed E-state index contributed by atoms with van der Waals surface area (Å²) in [6.07, 6.45) is 2.70. The largest absolute Gasteiger partial charge is 0.357 e. The van der Waals surface area contributed by atoms with Gasteiger partial charge in [-0.2, -0.15) is 0 Å². The Hall–Kier alpha value is -1.88. The molecule has 0 atom stereocenters. The van der Waals surface area contributed by atoms with E-state index < -0.39 is 0 Å². The highest BCUT2D eigenvalue weighted by molar-refractivity contribution is 9.10. The quantitative estimate of drug-likeness (QED) is 0.614. The average Bonchev–Trinajstić information content (AvgIpc) is 2.55. The van der Waals surface area contributed by atoms with Gasteiger partial charge in [0, 0.05) is 35.9 Å². The Morgan fingerprint density at radius 2 is 1.95 bits per heavy atom. The number of aromatic nitrogens is 1. The Balaban J connectivity index is 1.85. The van der Waals surface area contributed by atoms with Crippen LogP contribution in [0.25, 0.3) is 0 Å². The predicted molar refractivity (Wildman–Crippen MR) is 94.9 cm³/mol. The minimum Gasteiger partial charge on any atom is -0.357 e. The minimum atomic E-state index is 0.659. The SMILES string of the molecule is CCNC(=NCc1ccc(Br)cc1)NCCc1ccccn1. The lowest BCUT2D eigenvalue weighted by molar-refractivity contribution is 0.788. The van der Waals surface area contributed by atoms with Crippen molar-refractivity contribution in [3.63, 3.8) is 0 Å². The number of nitrogens with zero attached hydrogens (tertiary/aromatic N) is 2. The van der Waals surface area contributed by atoms with Gasteiger partial charge >= 0.3 is 0 Å². The normalized spacial score (nSPS) is 11.3. The molecule has 2 N–H and O–H groups in total. The molecule has 116 valence electrons. The third-order valence-electron chi connectivity index (χ3n) is 3.08. The van der Waals surface area contributed by atoms with Gasteiger partial charge in [-0.25, -0.2) is 4.99 Å². The lowest BCUT2D eigenvalue weighted by atomic mass is 10.2. The molecule has 0 radical (unpaired) electrons. The van der Waals surface area contributed by atoms with E-state index in [-0.39, 0.29) is 0 Å². The molecular weight excluding hydrogens is 340 g/mol. The number of rotatable bonds is 6. The number of aliphatic imine (C=N–C) groups is 1. The Labute approximate surface area is 140 Å². The Morgan fingerprint density at radius 3 is 2.64 bits per heavy atom. The minimum absolute atomic E-state index is 0.659. The van der Waals surface area contributed by atoms with E-state index in [4.69, 9.17) is 0 Å². The molecule has 0 saturated heterocycles. The van der Waals surface area contributed by atoms with Crippen molar-refractivity contribution in [1.29, 1.82) is 0 Å². The Bertz CT molecular complexity index is 581. The predicted octanol–water partition coefficient (Wildman–Crippen LogP) is 3.14. The van der Waals surface area contributed by atoms with Gasteiger partial charge in [0.2, 0.25) is 0 Å². The molecule has 0 aliphatic carbocycles. The molecule has 5 heteroatoms. The molecular formula is C17H21BrN4. The number of nitrogens with one attached hydrogen (secondary N) is 2. The summed E-state index contributed by atoms with van der Waals surface area (Å²) in [6, 6.07) is 14.2. The molecule has 1 heterocycles. The summed E-state index contributed by atoms with van der Waals surface area (Å²) < 4.78 is 1.08. The fraction of sp³-hybridized carbons (Fsp3) is 0.294. The van der Waals surface area contributed by atoms with E-state index in [0.29, 0.717) is 6.54 Å². The molecule has 0 unspecified atom stereocenters. The summed E-state index contributed by atoms with van der Waals surface area (Å²) in [7, 11) is 0. The maximum atomic E-state index is 4.60. The van der Waals surface area contributed by atoms with Gasteiger partial charge in [-0.05, 0) is 36.8 Å². The van der Waals surface area contributed by atoms with Crippen molar-refractivity contribution >= 4 is 21.9 Å². The van der Waals surface area contributed by atoms with E-state index in [2.05, 4.69) is 55.6 Å². The van der Waals surface area contributed by atoms with Gasteiger partial charge in [0.1, 0.15) is 0 Å². The molecule has 0 amide bonds. The molecule has 2 aromatic rings. The zero-order valence-corrected chi connectivity index (χ0v) is 14.3. The second kappa shape index (κ2) is 9.20. The summed E-state index contributed by atoms with van der Waals surface area (Å²) in [5.74, 6) is 0.835. The molecule has 0 aliphatic heterocycles. The standard InChI is InChI=1S/C17H21BrN4/c1-2-19-17(21-12-10-16-5-3-4-11-20-16)22-13-14-6-8-15(18)9-7-14/h3-9,11H,2,10,12-13H2,1H3,(H2,19,21,22). The molecule has 0 bridgehead atoms. The third-order valence-corrected chi connectivity index (χ3v) is 3.61. The van der Waals surface area contributed by atoms with Gasteiger partial charge in [-0.15, -0.1) is 0 Å². The zero-order valence-electron chi connectivity index (χ0n) is 12.7. The number of hydrogen-bond acceptors (Lipinski definition) is 2. The van der Waals surface area contributed by atoms with Crippen LogP contribution in [-0.2, 0) is 13.0 Å². The molecule has 0 aliphatic rings. The van der Waals surface area contributed by atoms with Crippen LogP contribution in [0.1, 0.15) is 18.2 Å². The van der Waals surface area contributed by atoms with E-state index in [1.54, 1.807) is 0 Å². The summed E-state index contributed by atoms with van der Waals surface area (Å²) in [5, 5.41) is 6.60. The molecule has 22 heavy (non-hydrogen) atoms. The molecule has 2 rings (SSSR count). The van der Waals surface area contributed by atoms with Crippen LogP contribution >= 0.6 is 15.9 Å². The van der Waals surface area contributed by atoms with Crippen molar-refractivity contribution in [2.75, 3.05) is 13.1 Å². The maximum absolute atomic E-state index is 4.60. The summed E-state index contributed by atoms with van der Waals surface area (Å²) in [5.41, 5.74) is 2.27. The van der Waals surface area contributed by atoms with Crippen molar-refractivity contribution < 1.29 is 0 Å². The topological polar surface area (TPSA) is 49.3 Å². The molecule has 1 aromatic carbocycles. The Morgan fingerprint density at radius 1 is 1.14 bits per heavy atom. The first-order chi connectivity index (χ1) is 10.8. The first-order valence-corrected chi connectivity index (χ1v) is 8.23. The second-order valence-electron chi connectivity index (χ2n) is 4.82. The second-order valence-corrected chi connectivity index (χ2v) is 5.74. The summed E-state index contributed by atoms with van der Waals surface area (Å²) in [4.78, 5) is 8.92. The fourth-order valence-corrected chi connectivity index (χ4v) is 2.22. The van der Waals surface area contributed by atoms with Crippen molar-refractivity contribution in [2.24, 2.45) is 4.99 Å². The van der Waals surface area contributed by atoms with Crippen LogP contribution in [0.3, 0.4) is 0 Å². The number of guanidine groups is 1. The van der Waals surface area contributed by atoms with Gasteiger partial charge < -0.3 is 10.6 Å². The third kappa shape index (κ3) is 5.85. The smallest absolute Gasteiger partial charge is 0.191 e. The highest BCUT2D eigenvalue weighted by Crippen LogP contribution is 2.10. The molecule has 0 saturated carbocycles. The molecule has 0 fully saturated rings. The number of halogens is 1. The first-order valence-electron chi connectivity index (χ1n) is 7.44. The van der Waals surface area contributed by atoms with Crippen LogP contribution in [0.15, 0.2) is 58.1 Å². The fourth-order valence-electron chi connectivity index (χ4n) is 1.96.